The van der Waals surface area contributed by atoms with Gasteiger partial charge in [0, 0.05) is 0 Å². The molecule has 0 heterocycles. The van der Waals surface area contributed by atoms with Crippen LogP contribution >= 0.6 is 0 Å². The Morgan fingerprint density at radius 3 is 2.71 bits per heavy atom. The molecule has 4 nitrogen and oxygen atoms in total. The van der Waals surface area contributed by atoms with Crippen molar-refractivity contribution >= 4 is 11.7 Å². The second kappa shape index (κ2) is 5.35. The van der Waals surface area contributed by atoms with Crippen molar-refractivity contribution in [1.82, 2.24) is 0 Å². The predicted molar refractivity (Wildman–Crippen MR) is 65.7 cm³/mol. The lowest BCUT2D eigenvalue weighted by molar-refractivity contribution is -0.141. The Bertz CT molecular complexity index is 451. The number of rotatable bonds is 5. The molecule has 0 aliphatic rings. The first kappa shape index (κ1) is 13.0. The van der Waals surface area contributed by atoms with Crippen LogP contribution in [0, 0.1) is 11.3 Å². The number of para-hydroxylation sites is 1. The van der Waals surface area contributed by atoms with E-state index in [4.69, 9.17) is 5.26 Å². The average Bonchev–Trinajstić information content (AvgIpc) is 2.30. The molecule has 0 radical (unpaired) electrons. The number of benzene rings is 1. The van der Waals surface area contributed by atoms with Gasteiger partial charge < -0.3 is 10.4 Å². The van der Waals surface area contributed by atoms with Crippen LogP contribution in [0.25, 0.3) is 0 Å². The molecule has 0 aliphatic carbocycles. The van der Waals surface area contributed by atoms with Gasteiger partial charge in [-0.15, -0.1) is 0 Å². The summed E-state index contributed by atoms with van der Waals surface area (Å²) in [6, 6.07) is 8.95. The summed E-state index contributed by atoms with van der Waals surface area (Å²) in [5, 5.41) is 21.1. The minimum Gasteiger partial charge on any atom is -0.480 e. The third kappa shape index (κ3) is 2.97. The van der Waals surface area contributed by atoms with Crippen LogP contribution in [0.5, 0.6) is 0 Å². The van der Waals surface area contributed by atoms with Crippen LogP contribution < -0.4 is 5.32 Å². The number of nitrogens with one attached hydrogen (secondary N) is 1. The third-order valence-corrected chi connectivity index (χ3v) is 2.68. The number of hydrogen-bond donors (Lipinski definition) is 2. The minimum atomic E-state index is -1.04. The van der Waals surface area contributed by atoms with E-state index in [0.717, 1.165) is 6.42 Å². The zero-order valence-electron chi connectivity index (χ0n) is 10.0. The van der Waals surface area contributed by atoms with Gasteiger partial charge in [0.05, 0.1) is 11.3 Å². The quantitative estimate of drug-likeness (QED) is 0.818. The van der Waals surface area contributed by atoms with Crippen molar-refractivity contribution in [3.8, 4) is 6.07 Å². The highest BCUT2D eigenvalue weighted by molar-refractivity contribution is 5.83. The molecule has 0 aliphatic heterocycles. The molecule has 4 heteroatoms. The number of carboxylic acid groups (broad SMARTS) is 1. The van der Waals surface area contributed by atoms with Gasteiger partial charge in [-0.25, -0.2) is 4.79 Å². The van der Waals surface area contributed by atoms with E-state index in [-0.39, 0.29) is 0 Å². The second-order valence-electron chi connectivity index (χ2n) is 4.17. The van der Waals surface area contributed by atoms with Gasteiger partial charge in [-0.05, 0) is 25.5 Å². The molecule has 0 fully saturated rings. The normalized spacial score (nSPS) is 13.5. The number of nitrogens with zero attached hydrogens (tertiary/aromatic N) is 1. The number of aliphatic carboxylic acids is 1. The minimum absolute atomic E-state index is 0.455. The Balaban J connectivity index is 3.02. The molecule has 0 aromatic heterocycles. The van der Waals surface area contributed by atoms with Crippen LogP contribution in [-0.2, 0) is 4.79 Å². The molecular weight excluding hydrogens is 216 g/mol. The summed E-state index contributed by atoms with van der Waals surface area (Å²) < 4.78 is 0. The molecule has 1 aromatic rings. The Morgan fingerprint density at radius 2 is 2.18 bits per heavy atom. The summed E-state index contributed by atoms with van der Waals surface area (Å²) >= 11 is 0. The Kier molecular flexibility index (Phi) is 4.11. The second-order valence-corrected chi connectivity index (χ2v) is 4.17. The summed E-state index contributed by atoms with van der Waals surface area (Å²) in [5.41, 5.74) is -0.0220. The number of carbonyl (C=O) groups is 1. The van der Waals surface area contributed by atoms with Crippen molar-refractivity contribution in [1.29, 1.82) is 5.26 Å². The topological polar surface area (TPSA) is 73.1 Å². The average molecular weight is 232 g/mol. The molecule has 0 saturated heterocycles. The lowest BCUT2D eigenvalue weighted by atomic mass is 9.95. The summed E-state index contributed by atoms with van der Waals surface area (Å²) in [4.78, 5) is 11.3. The van der Waals surface area contributed by atoms with Gasteiger partial charge in [-0.3, -0.25) is 0 Å². The van der Waals surface area contributed by atoms with Crippen LogP contribution in [0.15, 0.2) is 24.3 Å². The van der Waals surface area contributed by atoms with Gasteiger partial charge in [-0.2, -0.15) is 5.26 Å². The molecule has 0 amide bonds. The Labute approximate surface area is 101 Å². The van der Waals surface area contributed by atoms with Crippen molar-refractivity contribution in [2.24, 2.45) is 0 Å². The van der Waals surface area contributed by atoms with Gasteiger partial charge in [0.2, 0.25) is 0 Å². The van der Waals surface area contributed by atoms with Crippen LogP contribution in [-0.4, -0.2) is 16.6 Å². The Morgan fingerprint density at radius 1 is 1.53 bits per heavy atom. The van der Waals surface area contributed by atoms with Crippen LogP contribution in [0.3, 0.4) is 0 Å². The Hall–Kier alpha value is -2.02. The van der Waals surface area contributed by atoms with Gasteiger partial charge in [-0.1, -0.05) is 25.5 Å². The lowest BCUT2D eigenvalue weighted by Crippen LogP contribution is -2.43. The first-order valence-electron chi connectivity index (χ1n) is 5.54. The lowest BCUT2D eigenvalue weighted by Gasteiger charge is -2.27. The highest BCUT2D eigenvalue weighted by atomic mass is 16.4. The number of anilines is 1. The van der Waals surface area contributed by atoms with Crippen LogP contribution in [0.1, 0.15) is 32.3 Å². The maximum Gasteiger partial charge on any atom is 0.329 e. The number of carboxylic acids is 1. The fraction of sp³-hybridized carbons (Fsp3) is 0.385. The van der Waals surface area contributed by atoms with E-state index in [1.54, 1.807) is 31.2 Å². The highest BCUT2D eigenvalue weighted by Gasteiger charge is 2.32. The van der Waals surface area contributed by atoms with Crippen LogP contribution in [0.2, 0.25) is 0 Å². The predicted octanol–water partition coefficient (Wildman–Crippen LogP) is 2.61. The standard InChI is InChI=1S/C13H16N2O2/c1-3-8-13(2,12(16)17)15-11-7-5-4-6-10(11)9-14/h4-7,15H,3,8H2,1-2H3,(H,16,17). The summed E-state index contributed by atoms with van der Waals surface area (Å²) in [5.74, 6) is -0.910. The number of hydrogen-bond acceptors (Lipinski definition) is 3. The van der Waals surface area contributed by atoms with E-state index in [1.807, 2.05) is 13.0 Å². The summed E-state index contributed by atoms with van der Waals surface area (Å²) in [6.45, 7) is 3.56. The van der Waals surface area contributed by atoms with Gasteiger partial charge in [0.1, 0.15) is 11.6 Å². The molecule has 0 saturated carbocycles. The first-order valence-corrected chi connectivity index (χ1v) is 5.54. The fourth-order valence-corrected chi connectivity index (χ4v) is 1.71. The fourth-order valence-electron chi connectivity index (χ4n) is 1.71. The van der Waals surface area contributed by atoms with Crippen LogP contribution in [0.4, 0.5) is 5.69 Å². The first-order chi connectivity index (χ1) is 8.03. The van der Waals surface area contributed by atoms with Crippen molar-refractivity contribution < 1.29 is 9.90 Å². The zero-order chi connectivity index (χ0) is 12.9. The van der Waals surface area contributed by atoms with E-state index in [0.29, 0.717) is 17.7 Å². The highest BCUT2D eigenvalue weighted by Crippen LogP contribution is 2.23. The smallest absolute Gasteiger partial charge is 0.329 e. The van der Waals surface area contributed by atoms with Gasteiger partial charge >= 0.3 is 5.97 Å². The number of nitriles is 1. The summed E-state index contributed by atoms with van der Waals surface area (Å²) in [7, 11) is 0. The molecule has 1 aromatic carbocycles. The van der Waals surface area contributed by atoms with Gasteiger partial charge in [0.15, 0.2) is 0 Å². The van der Waals surface area contributed by atoms with E-state index >= 15 is 0 Å². The molecule has 1 atom stereocenters. The maximum absolute atomic E-state index is 11.3. The van der Waals surface area contributed by atoms with Crippen molar-refractivity contribution in [3.05, 3.63) is 29.8 Å². The van der Waals surface area contributed by atoms with E-state index in [2.05, 4.69) is 5.32 Å². The molecule has 1 rings (SSSR count). The zero-order valence-corrected chi connectivity index (χ0v) is 10.0. The third-order valence-electron chi connectivity index (χ3n) is 2.68. The molecule has 90 valence electrons. The molecule has 17 heavy (non-hydrogen) atoms. The SMILES string of the molecule is CCCC(C)(Nc1ccccc1C#N)C(=O)O. The monoisotopic (exact) mass is 232 g/mol. The van der Waals surface area contributed by atoms with Crippen molar-refractivity contribution in [2.45, 2.75) is 32.2 Å². The van der Waals surface area contributed by atoms with E-state index in [9.17, 15) is 9.90 Å². The molecular formula is C13H16N2O2. The van der Waals surface area contributed by atoms with Gasteiger partial charge in [0.25, 0.3) is 0 Å². The molecule has 0 bridgehead atoms. The van der Waals surface area contributed by atoms with Crippen molar-refractivity contribution in [3.63, 3.8) is 0 Å². The molecule has 1 unspecified atom stereocenters. The van der Waals surface area contributed by atoms with E-state index < -0.39 is 11.5 Å². The largest absolute Gasteiger partial charge is 0.480 e. The summed E-state index contributed by atoms with van der Waals surface area (Å²) in [6.07, 6.45) is 1.26. The maximum atomic E-state index is 11.3. The van der Waals surface area contributed by atoms with Crippen molar-refractivity contribution in [2.75, 3.05) is 5.32 Å². The van der Waals surface area contributed by atoms with E-state index in [1.165, 1.54) is 0 Å². The molecule has 2 N–H and O–H groups in total. The molecule has 0 spiro atoms.